The molecule has 1 saturated heterocycles. The van der Waals surface area contributed by atoms with Crippen molar-refractivity contribution in [1.29, 1.82) is 0 Å². The van der Waals surface area contributed by atoms with E-state index in [1.165, 1.54) is 32.4 Å². The van der Waals surface area contributed by atoms with Crippen LogP contribution in [-0.2, 0) is 0 Å². The van der Waals surface area contributed by atoms with Gasteiger partial charge in [0, 0.05) is 19.1 Å². The molecule has 1 heterocycles. The summed E-state index contributed by atoms with van der Waals surface area (Å²) in [5, 5.41) is 0. The Balaban J connectivity index is 0.000000293. The van der Waals surface area contributed by atoms with Gasteiger partial charge in [0.1, 0.15) is 0 Å². The van der Waals surface area contributed by atoms with Gasteiger partial charge in [-0.15, -0.1) is 0 Å². The van der Waals surface area contributed by atoms with Crippen LogP contribution in [0.2, 0.25) is 0 Å². The average molecular weight is 197 g/mol. The van der Waals surface area contributed by atoms with Crippen LogP contribution in [0.3, 0.4) is 0 Å². The molecule has 2 rings (SSSR count). The molecule has 0 amide bonds. The topological polar surface area (TPSA) is 3.24 Å². The van der Waals surface area contributed by atoms with E-state index in [0.717, 1.165) is 17.4 Å². The zero-order valence-corrected chi connectivity index (χ0v) is 10.6. The predicted octanol–water partition coefficient (Wildman–Crippen LogP) is 3.54. The lowest BCUT2D eigenvalue weighted by molar-refractivity contribution is -0.102. The summed E-state index contributed by atoms with van der Waals surface area (Å²) in [6, 6.07) is 0.775. The van der Waals surface area contributed by atoms with Crippen molar-refractivity contribution in [3.05, 3.63) is 0 Å². The van der Waals surface area contributed by atoms with Crippen LogP contribution in [0.25, 0.3) is 0 Å². The number of hydrogen-bond acceptors (Lipinski definition) is 1. The highest BCUT2D eigenvalue weighted by atomic mass is 15.2. The van der Waals surface area contributed by atoms with Gasteiger partial charge in [0.2, 0.25) is 0 Å². The molecule has 14 heavy (non-hydrogen) atoms. The Labute approximate surface area is 89.9 Å². The third-order valence-corrected chi connectivity index (χ3v) is 3.37. The van der Waals surface area contributed by atoms with E-state index in [1.807, 2.05) is 0 Å². The number of nitrogens with zero attached hydrogens (tertiary/aromatic N) is 1. The van der Waals surface area contributed by atoms with E-state index in [-0.39, 0.29) is 0 Å². The molecule has 1 saturated carbocycles. The Morgan fingerprint density at radius 2 is 1.64 bits per heavy atom. The minimum atomic E-state index is 0.775. The predicted molar refractivity (Wildman–Crippen MR) is 63.5 cm³/mol. The minimum absolute atomic E-state index is 0.775. The standard InChI is InChI=1S/C10H19N.C3H8/c1-8(2)11-6-10(7-11)4-9(3)5-10;1-3-2/h8-9H,4-7H2,1-3H3;3H2,1-2H3. The molecule has 1 spiro atoms. The summed E-state index contributed by atoms with van der Waals surface area (Å²) in [6.07, 6.45) is 4.24. The number of likely N-dealkylation sites (tertiary alicyclic amines) is 1. The molecule has 1 aliphatic heterocycles. The Bertz CT molecular complexity index is 160. The summed E-state index contributed by atoms with van der Waals surface area (Å²) in [4.78, 5) is 2.59. The lowest BCUT2D eigenvalue weighted by Crippen LogP contribution is -2.63. The van der Waals surface area contributed by atoms with Gasteiger partial charge in [0.05, 0.1) is 0 Å². The first-order valence-corrected chi connectivity index (χ1v) is 6.27. The van der Waals surface area contributed by atoms with Gasteiger partial charge in [-0.05, 0) is 38.0 Å². The SMILES string of the molecule is CC1CC2(C1)CN(C(C)C)C2.CCC. The molecule has 1 nitrogen and oxygen atoms in total. The van der Waals surface area contributed by atoms with Gasteiger partial charge >= 0.3 is 0 Å². The van der Waals surface area contributed by atoms with Gasteiger partial charge in [-0.1, -0.05) is 27.2 Å². The van der Waals surface area contributed by atoms with Gasteiger partial charge in [-0.25, -0.2) is 0 Å². The molecule has 0 unspecified atom stereocenters. The maximum Gasteiger partial charge on any atom is 0.00534 e. The first kappa shape index (κ1) is 12.0. The first-order valence-electron chi connectivity index (χ1n) is 6.27. The second-order valence-corrected chi connectivity index (χ2v) is 5.72. The van der Waals surface area contributed by atoms with Gasteiger partial charge in [-0.2, -0.15) is 0 Å². The molecule has 0 bridgehead atoms. The largest absolute Gasteiger partial charge is 0.300 e. The van der Waals surface area contributed by atoms with Crippen LogP contribution in [0.5, 0.6) is 0 Å². The van der Waals surface area contributed by atoms with Gasteiger partial charge in [0.15, 0.2) is 0 Å². The van der Waals surface area contributed by atoms with Crippen molar-refractivity contribution in [2.75, 3.05) is 13.1 Å². The fourth-order valence-corrected chi connectivity index (χ4v) is 2.86. The maximum atomic E-state index is 2.59. The minimum Gasteiger partial charge on any atom is -0.300 e. The van der Waals surface area contributed by atoms with Crippen LogP contribution in [0.15, 0.2) is 0 Å². The fraction of sp³-hybridized carbons (Fsp3) is 1.00. The lowest BCUT2D eigenvalue weighted by atomic mass is 9.58. The molecule has 84 valence electrons. The molecule has 0 atom stereocenters. The molecule has 1 aliphatic carbocycles. The third-order valence-electron chi connectivity index (χ3n) is 3.37. The van der Waals surface area contributed by atoms with E-state index in [1.54, 1.807) is 0 Å². The summed E-state index contributed by atoms with van der Waals surface area (Å²) in [6.45, 7) is 14.0. The quantitative estimate of drug-likeness (QED) is 0.621. The van der Waals surface area contributed by atoms with Crippen LogP contribution in [0.1, 0.15) is 53.9 Å². The second-order valence-electron chi connectivity index (χ2n) is 5.72. The Kier molecular flexibility index (Phi) is 4.00. The van der Waals surface area contributed by atoms with Gasteiger partial charge in [-0.3, -0.25) is 4.90 Å². The first-order chi connectivity index (χ1) is 6.53. The van der Waals surface area contributed by atoms with E-state index in [2.05, 4.69) is 39.5 Å². The van der Waals surface area contributed by atoms with Crippen molar-refractivity contribution in [2.45, 2.75) is 59.9 Å². The smallest absolute Gasteiger partial charge is 0.00534 e. The molecule has 0 radical (unpaired) electrons. The molecule has 0 aromatic heterocycles. The van der Waals surface area contributed by atoms with E-state index in [9.17, 15) is 0 Å². The van der Waals surface area contributed by atoms with Crippen LogP contribution in [0.4, 0.5) is 0 Å². The highest BCUT2D eigenvalue weighted by Gasteiger charge is 2.50. The normalized spacial score (nSPS) is 25.3. The van der Waals surface area contributed by atoms with Crippen molar-refractivity contribution in [2.24, 2.45) is 11.3 Å². The molecule has 2 aliphatic rings. The van der Waals surface area contributed by atoms with E-state index >= 15 is 0 Å². The van der Waals surface area contributed by atoms with Crippen molar-refractivity contribution in [1.82, 2.24) is 4.90 Å². The Morgan fingerprint density at radius 1 is 1.21 bits per heavy atom. The van der Waals surface area contributed by atoms with E-state index in [0.29, 0.717) is 0 Å². The summed E-state index contributed by atoms with van der Waals surface area (Å²) in [5.41, 5.74) is 0.795. The Hall–Kier alpha value is -0.0400. The summed E-state index contributed by atoms with van der Waals surface area (Å²) in [5.74, 6) is 1.02. The molecular weight excluding hydrogens is 170 g/mol. The molecule has 2 fully saturated rings. The molecule has 0 aromatic carbocycles. The van der Waals surface area contributed by atoms with Crippen molar-refractivity contribution >= 4 is 0 Å². The highest BCUT2D eigenvalue weighted by molar-refractivity contribution is 5.03. The lowest BCUT2D eigenvalue weighted by Gasteiger charge is -2.60. The average Bonchev–Trinajstić information content (AvgIpc) is 1.94. The van der Waals surface area contributed by atoms with E-state index in [4.69, 9.17) is 0 Å². The van der Waals surface area contributed by atoms with Crippen molar-refractivity contribution in [3.8, 4) is 0 Å². The third kappa shape index (κ3) is 2.50. The zero-order chi connectivity index (χ0) is 10.8. The molecule has 0 N–H and O–H groups in total. The van der Waals surface area contributed by atoms with Crippen LogP contribution < -0.4 is 0 Å². The van der Waals surface area contributed by atoms with Gasteiger partial charge in [0.25, 0.3) is 0 Å². The number of rotatable bonds is 1. The zero-order valence-electron chi connectivity index (χ0n) is 10.6. The highest BCUT2D eigenvalue weighted by Crippen LogP contribution is 2.51. The van der Waals surface area contributed by atoms with Crippen molar-refractivity contribution in [3.63, 3.8) is 0 Å². The number of hydrogen-bond donors (Lipinski definition) is 0. The van der Waals surface area contributed by atoms with Crippen molar-refractivity contribution < 1.29 is 0 Å². The second kappa shape index (κ2) is 4.65. The Morgan fingerprint density at radius 3 is 1.93 bits per heavy atom. The summed E-state index contributed by atoms with van der Waals surface area (Å²) >= 11 is 0. The van der Waals surface area contributed by atoms with Gasteiger partial charge < -0.3 is 0 Å². The van der Waals surface area contributed by atoms with Crippen LogP contribution >= 0.6 is 0 Å². The molecular formula is C13H27N. The molecule has 0 aromatic rings. The van der Waals surface area contributed by atoms with Crippen LogP contribution in [0, 0.1) is 11.3 Å². The van der Waals surface area contributed by atoms with E-state index < -0.39 is 0 Å². The summed E-state index contributed by atoms with van der Waals surface area (Å²) in [7, 11) is 0. The molecule has 1 heteroatoms. The fourth-order valence-electron chi connectivity index (χ4n) is 2.86. The maximum absolute atomic E-state index is 2.59. The monoisotopic (exact) mass is 197 g/mol. The summed E-state index contributed by atoms with van der Waals surface area (Å²) < 4.78 is 0. The van der Waals surface area contributed by atoms with Crippen LogP contribution in [-0.4, -0.2) is 24.0 Å².